The summed E-state index contributed by atoms with van der Waals surface area (Å²) in [4.78, 5) is 13.0. The molecule has 0 saturated carbocycles. The molecule has 0 atom stereocenters. The summed E-state index contributed by atoms with van der Waals surface area (Å²) in [5.74, 6) is -0.310. The lowest BCUT2D eigenvalue weighted by Crippen LogP contribution is -2.29. The molecule has 138 valence electrons. The molecule has 0 aliphatic heterocycles. The van der Waals surface area contributed by atoms with Crippen molar-refractivity contribution in [2.75, 3.05) is 6.61 Å². The van der Waals surface area contributed by atoms with Crippen molar-refractivity contribution in [3.05, 3.63) is 107 Å². The van der Waals surface area contributed by atoms with Crippen molar-refractivity contribution in [2.45, 2.75) is 26.0 Å². The largest absolute Gasteiger partial charge is 0.377 e. The van der Waals surface area contributed by atoms with Crippen LogP contribution >= 0.6 is 0 Å². The lowest BCUT2D eigenvalue weighted by atomic mass is 9.90. The van der Waals surface area contributed by atoms with Gasteiger partial charge in [-0.15, -0.1) is 0 Å². The van der Waals surface area contributed by atoms with Crippen LogP contribution in [0.5, 0.6) is 0 Å². The van der Waals surface area contributed by atoms with Gasteiger partial charge in [0.25, 0.3) is 0 Å². The van der Waals surface area contributed by atoms with E-state index in [-0.39, 0.29) is 11.8 Å². The van der Waals surface area contributed by atoms with Crippen LogP contribution in [0.1, 0.15) is 35.1 Å². The molecule has 0 aromatic heterocycles. The van der Waals surface area contributed by atoms with Crippen LogP contribution in [0, 0.1) is 0 Å². The van der Waals surface area contributed by atoms with E-state index in [1.165, 1.54) is 0 Å². The van der Waals surface area contributed by atoms with Crippen LogP contribution in [0.3, 0.4) is 0 Å². The predicted molar refractivity (Wildman–Crippen MR) is 108 cm³/mol. The molecular weight excluding hydrogens is 334 g/mol. The Balaban J connectivity index is 1.70. The van der Waals surface area contributed by atoms with Crippen molar-refractivity contribution in [2.24, 2.45) is 0 Å². The van der Waals surface area contributed by atoms with Crippen molar-refractivity contribution in [1.29, 1.82) is 0 Å². The Labute approximate surface area is 161 Å². The second-order valence-corrected chi connectivity index (χ2v) is 6.43. The van der Waals surface area contributed by atoms with Gasteiger partial charge in [-0.05, 0) is 29.2 Å². The van der Waals surface area contributed by atoms with Crippen molar-refractivity contribution in [1.82, 2.24) is 5.32 Å². The van der Waals surface area contributed by atoms with Gasteiger partial charge in [0.15, 0.2) is 0 Å². The van der Waals surface area contributed by atoms with Gasteiger partial charge in [-0.2, -0.15) is 0 Å². The normalized spacial score (nSPS) is 10.7. The molecule has 0 unspecified atom stereocenters. The molecule has 3 aromatic carbocycles. The minimum atomic E-state index is -0.315. The fraction of sp³-hybridized carbons (Fsp3) is 0.208. The Bertz CT molecular complexity index is 790. The number of ether oxygens (including phenoxy) is 1. The van der Waals surface area contributed by atoms with Gasteiger partial charge in [0.1, 0.15) is 0 Å². The number of hydrogen-bond donors (Lipinski definition) is 1. The first kappa shape index (κ1) is 18.9. The molecule has 27 heavy (non-hydrogen) atoms. The van der Waals surface area contributed by atoms with Gasteiger partial charge in [-0.25, -0.2) is 0 Å². The number of rotatable bonds is 8. The zero-order valence-electron chi connectivity index (χ0n) is 15.6. The lowest BCUT2D eigenvalue weighted by molar-refractivity contribution is -0.121. The molecule has 0 spiro atoms. The van der Waals surface area contributed by atoms with Gasteiger partial charge in [0.05, 0.1) is 12.5 Å². The van der Waals surface area contributed by atoms with Gasteiger partial charge < -0.3 is 10.1 Å². The summed E-state index contributed by atoms with van der Waals surface area (Å²) in [6.07, 6.45) is 0. The highest BCUT2D eigenvalue weighted by Crippen LogP contribution is 2.24. The van der Waals surface area contributed by atoms with Crippen LogP contribution in [0.15, 0.2) is 84.9 Å². The summed E-state index contributed by atoms with van der Waals surface area (Å²) in [5, 5.41) is 3.09. The summed E-state index contributed by atoms with van der Waals surface area (Å²) in [6, 6.07) is 28.0. The highest BCUT2D eigenvalue weighted by molar-refractivity contribution is 5.87. The fourth-order valence-electron chi connectivity index (χ4n) is 3.05. The second kappa shape index (κ2) is 9.70. The fourth-order valence-corrected chi connectivity index (χ4v) is 3.05. The number of benzene rings is 3. The van der Waals surface area contributed by atoms with Crippen LogP contribution < -0.4 is 5.32 Å². The van der Waals surface area contributed by atoms with Gasteiger partial charge in [0, 0.05) is 13.2 Å². The average Bonchev–Trinajstić information content (AvgIpc) is 2.73. The van der Waals surface area contributed by atoms with Crippen LogP contribution in [0.2, 0.25) is 0 Å². The van der Waals surface area contributed by atoms with Gasteiger partial charge >= 0.3 is 0 Å². The summed E-state index contributed by atoms with van der Waals surface area (Å²) in [6.45, 7) is 3.81. The molecule has 3 nitrogen and oxygen atoms in total. The first-order valence-corrected chi connectivity index (χ1v) is 9.31. The van der Waals surface area contributed by atoms with E-state index in [9.17, 15) is 4.79 Å². The molecule has 0 aliphatic rings. The van der Waals surface area contributed by atoms with Crippen LogP contribution in [-0.4, -0.2) is 12.5 Å². The zero-order chi connectivity index (χ0) is 18.9. The highest BCUT2D eigenvalue weighted by Gasteiger charge is 2.22. The van der Waals surface area contributed by atoms with E-state index in [1.807, 2.05) is 91.9 Å². The Hall–Kier alpha value is -2.91. The molecule has 3 rings (SSSR count). The third kappa shape index (κ3) is 5.28. The van der Waals surface area contributed by atoms with E-state index in [4.69, 9.17) is 4.74 Å². The summed E-state index contributed by atoms with van der Waals surface area (Å²) >= 11 is 0. The Kier molecular flexibility index (Phi) is 6.78. The smallest absolute Gasteiger partial charge is 0.232 e. The third-order valence-corrected chi connectivity index (χ3v) is 4.49. The van der Waals surface area contributed by atoms with Crippen LogP contribution in [0.25, 0.3) is 0 Å². The van der Waals surface area contributed by atoms with Crippen LogP contribution in [-0.2, 0) is 22.7 Å². The number of carbonyl (C=O) groups is 1. The van der Waals surface area contributed by atoms with Crippen molar-refractivity contribution in [3.8, 4) is 0 Å². The number of amides is 1. The minimum Gasteiger partial charge on any atom is -0.377 e. The SMILES string of the molecule is CCOCc1ccc(CNC(=O)C(c2ccccc2)c2ccccc2)cc1. The average molecular weight is 359 g/mol. The molecule has 0 fully saturated rings. The topological polar surface area (TPSA) is 38.3 Å². The molecule has 1 N–H and O–H groups in total. The Morgan fingerprint density at radius 2 is 1.33 bits per heavy atom. The number of hydrogen-bond acceptors (Lipinski definition) is 2. The molecule has 0 aliphatic carbocycles. The summed E-state index contributed by atoms with van der Waals surface area (Å²) in [7, 11) is 0. The van der Waals surface area contributed by atoms with Crippen LogP contribution in [0.4, 0.5) is 0 Å². The summed E-state index contributed by atoms with van der Waals surface area (Å²) in [5.41, 5.74) is 4.20. The van der Waals surface area contributed by atoms with E-state index in [2.05, 4.69) is 5.32 Å². The molecule has 1 amide bonds. The Morgan fingerprint density at radius 3 is 1.85 bits per heavy atom. The first-order valence-electron chi connectivity index (χ1n) is 9.31. The number of carbonyl (C=O) groups excluding carboxylic acids is 1. The number of nitrogens with one attached hydrogen (secondary N) is 1. The molecule has 0 saturated heterocycles. The molecule has 0 bridgehead atoms. The highest BCUT2D eigenvalue weighted by atomic mass is 16.5. The molecule has 0 radical (unpaired) electrons. The van der Waals surface area contributed by atoms with Gasteiger partial charge in [-0.1, -0.05) is 84.9 Å². The standard InChI is InChI=1S/C24H25NO2/c1-2-27-18-20-15-13-19(14-16-20)17-25-24(26)23(21-9-5-3-6-10-21)22-11-7-4-8-12-22/h3-16,23H,2,17-18H2,1H3,(H,25,26). The van der Waals surface area contributed by atoms with Crippen molar-refractivity contribution in [3.63, 3.8) is 0 Å². The predicted octanol–water partition coefficient (Wildman–Crippen LogP) is 4.67. The van der Waals surface area contributed by atoms with Crippen molar-refractivity contribution >= 4 is 5.91 Å². The maximum atomic E-state index is 13.0. The van der Waals surface area contributed by atoms with E-state index < -0.39 is 0 Å². The quantitative estimate of drug-likeness (QED) is 0.635. The maximum absolute atomic E-state index is 13.0. The van der Waals surface area contributed by atoms with E-state index >= 15 is 0 Å². The van der Waals surface area contributed by atoms with Crippen molar-refractivity contribution < 1.29 is 9.53 Å². The van der Waals surface area contributed by atoms with Gasteiger partial charge in [0.2, 0.25) is 5.91 Å². The monoisotopic (exact) mass is 359 g/mol. The molecular formula is C24H25NO2. The van der Waals surface area contributed by atoms with E-state index in [1.54, 1.807) is 0 Å². The Morgan fingerprint density at radius 1 is 0.815 bits per heavy atom. The van der Waals surface area contributed by atoms with E-state index in [0.29, 0.717) is 19.8 Å². The maximum Gasteiger partial charge on any atom is 0.232 e. The minimum absolute atomic E-state index is 0.00536. The molecule has 3 aromatic rings. The van der Waals surface area contributed by atoms with Gasteiger partial charge in [-0.3, -0.25) is 4.79 Å². The van der Waals surface area contributed by atoms with E-state index in [0.717, 1.165) is 22.3 Å². The molecule has 0 heterocycles. The first-order chi connectivity index (χ1) is 13.3. The second-order valence-electron chi connectivity index (χ2n) is 6.43. The zero-order valence-corrected chi connectivity index (χ0v) is 15.6. The molecule has 3 heteroatoms. The summed E-state index contributed by atoms with van der Waals surface area (Å²) < 4.78 is 5.42. The third-order valence-electron chi connectivity index (χ3n) is 4.49. The lowest BCUT2D eigenvalue weighted by Gasteiger charge is -2.18.